The summed E-state index contributed by atoms with van der Waals surface area (Å²) in [5.74, 6) is -0.0151. The second-order valence-corrected chi connectivity index (χ2v) is 5.59. The van der Waals surface area contributed by atoms with Gasteiger partial charge in [-0.05, 0) is 30.5 Å². The van der Waals surface area contributed by atoms with Crippen molar-refractivity contribution in [3.8, 4) is 0 Å². The zero-order valence-electron chi connectivity index (χ0n) is 12.0. The molecule has 1 aliphatic heterocycles. The number of halogens is 4. The number of hydrogen-bond donors (Lipinski definition) is 1. The lowest BCUT2D eigenvalue weighted by atomic mass is 9.91. The van der Waals surface area contributed by atoms with Crippen molar-refractivity contribution in [2.45, 2.75) is 32.0 Å². The Kier molecular flexibility index (Phi) is 5.08. The van der Waals surface area contributed by atoms with Gasteiger partial charge in [0.05, 0.1) is 6.54 Å². The number of alkyl halides is 3. The van der Waals surface area contributed by atoms with Crippen LogP contribution in [0.1, 0.15) is 19.8 Å². The van der Waals surface area contributed by atoms with E-state index in [9.17, 15) is 17.6 Å². The van der Waals surface area contributed by atoms with Crippen molar-refractivity contribution in [1.82, 2.24) is 5.32 Å². The smallest absolute Gasteiger partial charge is 0.370 e. The minimum atomic E-state index is -4.21. The van der Waals surface area contributed by atoms with Crippen LogP contribution in [-0.2, 0) is 0 Å². The standard InChI is InChI=1S/C15H20F4N2/c1-2-11-6-13(20-10-15(17,18)19)9-21(8-11)14-5-3-4-12(16)7-14/h3-5,7,11,13,20H,2,6,8-10H2,1H3. The van der Waals surface area contributed by atoms with E-state index in [2.05, 4.69) is 5.32 Å². The molecule has 1 N–H and O–H groups in total. The van der Waals surface area contributed by atoms with Crippen molar-refractivity contribution < 1.29 is 17.6 Å². The highest BCUT2D eigenvalue weighted by atomic mass is 19.4. The highest BCUT2D eigenvalue weighted by Gasteiger charge is 2.31. The van der Waals surface area contributed by atoms with Crippen LogP contribution >= 0.6 is 0 Å². The second-order valence-electron chi connectivity index (χ2n) is 5.59. The predicted molar refractivity (Wildman–Crippen MR) is 74.9 cm³/mol. The summed E-state index contributed by atoms with van der Waals surface area (Å²) < 4.78 is 50.3. The molecule has 1 heterocycles. The molecule has 0 bridgehead atoms. The third-order valence-electron chi connectivity index (χ3n) is 3.88. The van der Waals surface area contributed by atoms with Gasteiger partial charge in [0, 0.05) is 24.8 Å². The van der Waals surface area contributed by atoms with Gasteiger partial charge in [0.1, 0.15) is 5.82 Å². The number of hydrogen-bond acceptors (Lipinski definition) is 2. The number of piperidine rings is 1. The van der Waals surface area contributed by atoms with E-state index in [1.807, 2.05) is 11.8 Å². The summed E-state index contributed by atoms with van der Waals surface area (Å²) in [5, 5.41) is 2.58. The van der Waals surface area contributed by atoms with Crippen molar-refractivity contribution in [3.05, 3.63) is 30.1 Å². The molecule has 0 spiro atoms. The topological polar surface area (TPSA) is 15.3 Å². The van der Waals surface area contributed by atoms with Crippen LogP contribution in [0.2, 0.25) is 0 Å². The van der Waals surface area contributed by atoms with Crippen LogP contribution in [0.25, 0.3) is 0 Å². The van der Waals surface area contributed by atoms with Crippen LogP contribution in [0.3, 0.4) is 0 Å². The van der Waals surface area contributed by atoms with Gasteiger partial charge in [0.2, 0.25) is 0 Å². The molecular weight excluding hydrogens is 284 g/mol. The van der Waals surface area contributed by atoms with Gasteiger partial charge >= 0.3 is 6.18 Å². The molecular formula is C15H20F4N2. The van der Waals surface area contributed by atoms with E-state index in [1.165, 1.54) is 12.1 Å². The Morgan fingerprint density at radius 1 is 1.29 bits per heavy atom. The maximum atomic E-state index is 13.3. The Morgan fingerprint density at radius 3 is 2.67 bits per heavy atom. The summed E-state index contributed by atoms with van der Waals surface area (Å²) in [6, 6.07) is 5.98. The lowest BCUT2D eigenvalue weighted by molar-refractivity contribution is -0.126. The Bertz CT molecular complexity index is 461. The zero-order chi connectivity index (χ0) is 15.5. The third kappa shape index (κ3) is 4.88. The molecule has 1 fully saturated rings. The van der Waals surface area contributed by atoms with E-state index in [1.54, 1.807) is 12.1 Å². The summed E-state index contributed by atoms with van der Waals surface area (Å²) >= 11 is 0. The molecule has 2 nitrogen and oxygen atoms in total. The average molecular weight is 304 g/mol. The van der Waals surface area contributed by atoms with Crippen molar-refractivity contribution in [1.29, 1.82) is 0 Å². The molecule has 118 valence electrons. The molecule has 2 unspecified atom stereocenters. The summed E-state index contributed by atoms with van der Waals surface area (Å²) in [6.07, 6.45) is -2.59. The first kappa shape index (κ1) is 16.1. The minimum absolute atomic E-state index is 0.228. The van der Waals surface area contributed by atoms with Gasteiger partial charge in [-0.25, -0.2) is 4.39 Å². The van der Waals surface area contributed by atoms with Crippen LogP contribution in [0, 0.1) is 11.7 Å². The lowest BCUT2D eigenvalue weighted by Crippen LogP contribution is -2.51. The monoisotopic (exact) mass is 304 g/mol. The van der Waals surface area contributed by atoms with E-state index in [-0.39, 0.29) is 11.9 Å². The molecule has 0 aliphatic carbocycles. The van der Waals surface area contributed by atoms with E-state index < -0.39 is 12.7 Å². The first-order valence-corrected chi connectivity index (χ1v) is 7.18. The number of anilines is 1. The molecule has 2 rings (SSSR count). The van der Waals surface area contributed by atoms with E-state index >= 15 is 0 Å². The maximum Gasteiger partial charge on any atom is 0.401 e. The first-order valence-electron chi connectivity index (χ1n) is 7.18. The number of rotatable bonds is 4. The number of nitrogens with one attached hydrogen (secondary N) is 1. The maximum absolute atomic E-state index is 13.3. The van der Waals surface area contributed by atoms with Crippen molar-refractivity contribution in [2.75, 3.05) is 24.5 Å². The Labute approximate surface area is 122 Å². The van der Waals surface area contributed by atoms with E-state index in [0.29, 0.717) is 12.5 Å². The molecule has 0 aromatic heterocycles. The fraction of sp³-hybridized carbons (Fsp3) is 0.600. The van der Waals surface area contributed by atoms with Crippen LogP contribution < -0.4 is 10.2 Å². The van der Waals surface area contributed by atoms with Crippen LogP contribution in [0.15, 0.2) is 24.3 Å². The van der Waals surface area contributed by atoms with Gasteiger partial charge in [-0.1, -0.05) is 19.4 Å². The molecule has 0 radical (unpaired) electrons. The van der Waals surface area contributed by atoms with E-state index in [4.69, 9.17) is 0 Å². The Hall–Kier alpha value is -1.30. The van der Waals surface area contributed by atoms with Gasteiger partial charge in [-0.3, -0.25) is 0 Å². The highest BCUT2D eigenvalue weighted by Crippen LogP contribution is 2.26. The zero-order valence-corrected chi connectivity index (χ0v) is 12.0. The van der Waals surface area contributed by atoms with Gasteiger partial charge < -0.3 is 10.2 Å². The van der Waals surface area contributed by atoms with Gasteiger partial charge in [0.25, 0.3) is 0 Å². The quantitative estimate of drug-likeness (QED) is 0.855. The Balaban J connectivity index is 2.05. The molecule has 1 saturated heterocycles. The third-order valence-corrected chi connectivity index (χ3v) is 3.88. The molecule has 0 amide bonds. The van der Waals surface area contributed by atoms with E-state index in [0.717, 1.165) is 25.1 Å². The first-order chi connectivity index (χ1) is 9.87. The fourth-order valence-corrected chi connectivity index (χ4v) is 2.79. The summed E-state index contributed by atoms with van der Waals surface area (Å²) in [7, 11) is 0. The molecule has 1 aromatic rings. The highest BCUT2D eigenvalue weighted by molar-refractivity contribution is 5.47. The molecule has 6 heteroatoms. The predicted octanol–water partition coefficient (Wildman–Crippen LogP) is 3.58. The molecule has 1 aromatic carbocycles. The summed E-state index contributed by atoms with van der Waals surface area (Å²) in [5.41, 5.74) is 0.729. The summed E-state index contributed by atoms with van der Waals surface area (Å²) in [6.45, 7) is 2.27. The molecule has 2 atom stereocenters. The number of nitrogens with zero attached hydrogens (tertiary/aromatic N) is 1. The molecule has 0 saturated carbocycles. The average Bonchev–Trinajstić information content (AvgIpc) is 2.44. The minimum Gasteiger partial charge on any atom is -0.370 e. The largest absolute Gasteiger partial charge is 0.401 e. The van der Waals surface area contributed by atoms with Gasteiger partial charge in [-0.2, -0.15) is 13.2 Å². The fourth-order valence-electron chi connectivity index (χ4n) is 2.79. The van der Waals surface area contributed by atoms with Crippen LogP contribution in [0.4, 0.5) is 23.2 Å². The molecule has 21 heavy (non-hydrogen) atoms. The molecule has 1 aliphatic rings. The lowest BCUT2D eigenvalue weighted by Gasteiger charge is -2.39. The second kappa shape index (κ2) is 6.64. The van der Waals surface area contributed by atoms with Gasteiger partial charge in [0.15, 0.2) is 0 Å². The van der Waals surface area contributed by atoms with Crippen LogP contribution in [-0.4, -0.2) is 31.9 Å². The normalized spacial score (nSPS) is 23.4. The SMILES string of the molecule is CCC1CC(NCC(F)(F)F)CN(c2cccc(F)c2)C1. The van der Waals surface area contributed by atoms with Crippen LogP contribution in [0.5, 0.6) is 0 Å². The number of benzene rings is 1. The van der Waals surface area contributed by atoms with Gasteiger partial charge in [-0.15, -0.1) is 0 Å². The van der Waals surface area contributed by atoms with Crippen molar-refractivity contribution >= 4 is 5.69 Å². The van der Waals surface area contributed by atoms with Crippen molar-refractivity contribution in [2.24, 2.45) is 5.92 Å². The van der Waals surface area contributed by atoms with Crippen molar-refractivity contribution in [3.63, 3.8) is 0 Å². The summed E-state index contributed by atoms with van der Waals surface area (Å²) in [4.78, 5) is 1.97. The Morgan fingerprint density at radius 2 is 2.05 bits per heavy atom.